The molecule has 32 heavy (non-hydrogen) atoms. The molecule has 0 saturated heterocycles. The van der Waals surface area contributed by atoms with Crippen molar-refractivity contribution in [2.75, 3.05) is 0 Å². The fraction of sp³-hybridized carbons (Fsp3) is 0.200. The van der Waals surface area contributed by atoms with E-state index in [-0.39, 0.29) is 0 Å². The molecule has 2 unspecified atom stereocenters. The molecule has 0 nitrogen and oxygen atoms in total. The predicted molar refractivity (Wildman–Crippen MR) is 140 cm³/mol. The van der Waals surface area contributed by atoms with Gasteiger partial charge in [0.15, 0.2) is 0 Å². The van der Waals surface area contributed by atoms with E-state index in [1.807, 2.05) is 0 Å². The summed E-state index contributed by atoms with van der Waals surface area (Å²) in [4.78, 5) is 0. The molecule has 2 aliphatic rings. The third-order valence-electron chi connectivity index (χ3n) is 7.62. The molecule has 0 amide bonds. The Hall–Kier alpha value is -2.02. The van der Waals surface area contributed by atoms with Gasteiger partial charge in [-0.25, -0.2) is 0 Å². The van der Waals surface area contributed by atoms with Gasteiger partial charge in [0.25, 0.3) is 0 Å². The summed E-state index contributed by atoms with van der Waals surface area (Å²) in [6.07, 6.45) is 5.07. The molecule has 6 rings (SSSR count). The van der Waals surface area contributed by atoms with E-state index in [1.54, 1.807) is 22.3 Å². The summed E-state index contributed by atoms with van der Waals surface area (Å²) < 4.78 is 1.43. The Morgan fingerprint density at radius 3 is 1.47 bits per heavy atom. The first kappa shape index (κ1) is 20.6. The Balaban J connectivity index is 1.53. The molecular formula is C30H29SiZr. The first-order valence-corrected chi connectivity index (χ1v) is 21.8. The van der Waals surface area contributed by atoms with E-state index < -0.39 is 26.8 Å². The summed E-state index contributed by atoms with van der Waals surface area (Å²) in [6.45, 7) is 10.1. The number of rotatable bonds is 3. The second-order valence-corrected chi connectivity index (χ2v) is 29.9. The number of benzene rings is 4. The van der Waals surface area contributed by atoms with Gasteiger partial charge in [-0.2, -0.15) is 0 Å². The first-order valence-electron chi connectivity index (χ1n) is 11.8. The van der Waals surface area contributed by atoms with Crippen molar-refractivity contribution >= 4 is 39.6 Å². The van der Waals surface area contributed by atoms with Crippen molar-refractivity contribution in [1.82, 2.24) is 0 Å². The summed E-state index contributed by atoms with van der Waals surface area (Å²) in [5, 5.41) is 5.61. The van der Waals surface area contributed by atoms with Gasteiger partial charge < -0.3 is 0 Å². The maximum atomic E-state index is 2.65. The van der Waals surface area contributed by atoms with Gasteiger partial charge in [0, 0.05) is 0 Å². The molecule has 0 N–H and O–H groups in total. The van der Waals surface area contributed by atoms with Gasteiger partial charge >= 0.3 is 201 Å². The maximum absolute atomic E-state index is 2.65. The standard InChI is InChI=1S/2C14H11.C2H7Si.Zr/c2*1-10-8-12-7-6-11-4-2-3-5-13(11)14(12)9-10;1-3-2;/h2*2-9H,1H3;3H,1-2H3;. The quantitative estimate of drug-likeness (QED) is 0.245. The number of hydrogen-bond acceptors (Lipinski definition) is 0. The van der Waals surface area contributed by atoms with Gasteiger partial charge in [-0.1, -0.05) is 0 Å². The van der Waals surface area contributed by atoms with Crippen molar-refractivity contribution in [2.45, 2.75) is 34.2 Å². The van der Waals surface area contributed by atoms with E-state index in [1.165, 1.54) is 32.7 Å². The molecule has 0 saturated carbocycles. The minimum absolute atomic E-state index is 0.717. The molecule has 0 bridgehead atoms. The Kier molecular flexibility index (Phi) is 5.01. The Bertz CT molecular complexity index is 1330. The van der Waals surface area contributed by atoms with E-state index in [4.69, 9.17) is 0 Å². The van der Waals surface area contributed by atoms with E-state index in [0.29, 0.717) is 0 Å². The van der Waals surface area contributed by atoms with E-state index in [0.717, 1.165) is 7.25 Å². The van der Waals surface area contributed by atoms with E-state index in [2.05, 4.69) is 112 Å². The fourth-order valence-electron chi connectivity index (χ4n) is 6.28. The molecular weight excluding hydrogens is 480 g/mol. The molecule has 2 atom stereocenters. The third kappa shape index (κ3) is 3.03. The van der Waals surface area contributed by atoms with Crippen molar-refractivity contribution in [3.8, 4) is 0 Å². The van der Waals surface area contributed by atoms with Crippen LogP contribution < -0.4 is 0 Å². The molecule has 0 radical (unpaired) electrons. The summed E-state index contributed by atoms with van der Waals surface area (Å²) in [5.74, 6) is -0.796. The van der Waals surface area contributed by atoms with Crippen LogP contribution in [-0.4, -0.2) is 5.92 Å². The number of hydrogen-bond donors (Lipinski definition) is 0. The Morgan fingerprint density at radius 2 is 1.03 bits per heavy atom. The molecule has 4 aromatic rings. The van der Waals surface area contributed by atoms with Gasteiger partial charge in [-0.3, -0.25) is 0 Å². The summed E-state index contributed by atoms with van der Waals surface area (Å²) in [7, 11) is 0. The van der Waals surface area contributed by atoms with Crippen LogP contribution in [0.15, 0.2) is 83.9 Å². The summed E-state index contributed by atoms with van der Waals surface area (Å²) in [5.41, 5.74) is 9.56. The fourth-order valence-corrected chi connectivity index (χ4v) is 29.5. The van der Waals surface area contributed by atoms with Crippen molar-refractivity contribution in [3.63, 3.8) is 0 Å². The predicted octanol–water partition coefficient (Wildman–Crippen LogP) is 8.21. The van der Waals surface area contributed by atoms with Crippen LogP contribution in [0.3, 0.4) is 0 Å². The Morgan fingerprint density at radius 1 is 0.594 bits per heavy atom. The van der Waals surface area contributed by atoms with Crippen LogP contribution >= 0.6 is 0 Å². The monoisotopic (exact) mass is 507 g/mol. The summed E-state index contributed by atoms with van der Waals surface area (Å²) >= 11 is -1.92. The normalized spacial score (nSPS) is 19.3. The van der Waals surface area contributed by atoms with Crippen LogP contribution in [0.5, 0.6) is 0 Å². The van der Waals surface area contributed by atoms with Crippen LogP contribution in [0.2, 0.25) is 13.1 Å². The zero-order chi connectivity index (χ0) is 22.0. The van der Waals surface area contributed by atoms with Crippen LogP contribution in [0, 0.1) is 0 Å². The van der Waals surface area contributed by atoms with Gasteiger partial charge in [0.1, 0.15) is 0 Å². The van der Waals surface area contributed by atoms with Crippen LogP contribution in [0.1, 0.15) is 43.4 Å². The van der Waals surface area contributed by atoms with Crippen molar-refractivity contribution in [3.05, 3.63) is 106 Å². The topological polar surface area (TPSA) is 0 Å². The van der Waals surface area contributed by atoms with Crippen molar-refractivity contribution in [1.29, 1.82) is 0 Å². The van der Waals surface area contributed by atoms with Crippen LogP contribution in [0.25, 0.3) is 33.7 Å². The van der Waals surface area contributed by atoms with Gasteiger partial charge in [0.05, 0.1) is 0 Å². The Labute approximate surface area is 199 Å². The average Bonchev–Trinajstić information content (AvgIpc) is 3.31. The van der Waals surface area contributed by atoms with E-state index in [9.17, 15) is 0 Å². The van der Waals surface area contributed by atoms with Crippen LogP contribution in [-0.2, 0) is 20.9 Å². The zero-order valence-corrected chi connectivity index (χ0v) is 22.9. The van der Waals surface area contributed by atoms with Crippen molar-refractivity contribution in [2.24, 2.45) is 0 Å². The first-order chi connectivity index (χ1) is 15.5. The molecule has 0 spiro atoms. The molecule has 2 aliphatic carbocycles. The SMILES string of the molecule is CC1=Cc2c(ccc3ccccc23)[CH]1[Zr]([CH]1C(C)=Cc2c1ccc1ccccc21)[SiH](C)C. The average molecular weight is 509 g/mol. The number of allylic oxidation sites excluding steroid dienone is 2. The summed E-state index contributed by atoms with van der Waals surface area (Å²) in [6, 6.07) is 27.6. The molecule has 0 aliphatic heterocycles. The minimum atomic E-state index is -1.92. The van der Waals surface area contributed by atoms with Crippen LogP contribution in [0.4, 0.5) is 0 Å². The zero-order valence-electron chi connectivity index (χ0n) is 19.3. The molecule has 0 aromatic heterocycles. The number of fused-ring (bicyclic) bond motifs is 6. The molecule has 0 fully saturated rings. The van der Waals surface area contributed by atoms with Gasteiger partial charge in [0.2, 0.25) is 0 Å². The van der Waals surface area contributed by atoms with E-state index >= 15 is 0 Å². The molecule has 4 aromatic carbocycles. The van der Waals surface area contributed by atoms with Gasteiger partial charge in [-0.15, -0.1) is 0 Å². The molecule has 157 valence electrons. The second-order valence-electron chi connectivity index (χ2n) is 9.88. The molecule has 2 heteroatoms. The van der Waals surface area contributed by atoms with Crippen molar-refractivity contribution < 1.29 is 20.9 Å². The van der Waals surface area contributed by atoms with Gasteiger partial charge in [-0.05, 0) is 0 Å². The second kappa shape index (κ2) is 7.79. The third-order valence-corrected chi connectivity index (χ3v) is 29.8. The molecule has 0 heterocycles.